The predicted octanol–water partition coefficient (Wildman–Crippen LogP) is 5.63. The molecule has 1 N–H and O–H groups in total. The van der Waals surface area contributed by atoms with Gasteiger partial charge in [0.2, 0.25) is 0 Å². The van der Waals surface area contributed by atoms with Crippen LogP contribution in [0.3, 0.4) is 0 Å². The number of nitrogens with one attached hydrogen (secondary N) is 1. The molecule has 0 bridgehead atoms. The third-order valence-electron chi connectivity index (χ3n) is 6.53. The average Bonchev–Trinajstić information content (AvgIpc) is 3.20. The van der Waals surface area contributed by atoms with E-state index in [2.05, 4.69) is 78.5 Å². The molecule has 0 aliphatic carbocycles. The number of nitriles is 1. The van der Waals surface area contributed by atoms with Crippen molar-refractivity contribution in [3.8, 4) is 28.5 Å². The minimum Gasteiger partial charge on any atom is -0.302 e. The van der Waals surface area contributed by atoms with Crippen molar-refractivity contribution < 1.29 is 0 Å². The number of rotatable bonds is 3. The molecular weight excluding hydrogens is 380 g/mol. The van der Waals surface area contributed by atoms with Crippen LogP contribution < -0.4 is 0 Å². The van der Waals surface area contributed by atoms with Gasteiger partial charge in [0, 0.05) is 29.6 Å². The molecule has 31 heavy (non-hydrogen) atoms. The van der Waals surface area contributed by atoms with Crippen LogP contribution in [0.25, 0.3) is 33.3 Å². The number of H-pyrrole nitrogens is 1. The molecule has 0 fully saturated rings. The van der Waals surface area contributed by atoms with Crippen molar-refractivity contribution in [2.75, 3.05) is 13.6 Å². The molecule has 1 aromatic heterocycles. The molecule has 2 heterocycles. The summed E-state index contributed by atoms with van der Waals surface area (Å²) >= 11 is 0. The first kappa shape index (κ1) is 19.5. The van der Waals surface area contributed by atoms with Crippen molar-refractivity contribution in [1.29, 1.82) is 5.26 Å². The Bertz CT molecular complexity index is 1340. The van der Waals surface area contributed by atoms with Crippen LogP contribution in [0.2, 0.25) is 0 Å². The summed E-state index contributed by atoms with van der Waals surface area (Å²) in [4.78, 5) is 2.37. The van der Waals surface area contributed by atoms with Gasteiger partial charge >= 0.3 is 0 Å². The van der Waals surface area contributed by atoms with Crippen molar-refractivity contribution in [1.82, 2.24) is 15.1 Å². The summed E-state index contributed by atoms with van der Waals surface area (Å²) in [5, 5.41) is 18.7. The van der Waals surface area contributed by atoms with Crippen molar-refractivity contribution in [2.24, 2.45) is 0 Å². The fourth-order valence-corrected chi connectivity index (χ4v) is 4.89. The maximum atomic E-state index is 9.83. The molecule has 0 unspecified atom stereocenters. The number of aromatic amines is 1. The van der Waals surface area contributed by atoms with Gasteiger partial charge in [0.05, 0.1) is 22.8 Å². The summed E-state index contributed by atoms with van der Waals surface area (Å²) in [5.74, 6) is 0. The highest BCUT2D eigenvalue weighted by Crippen LogP contribution is 2.36. The largest absolute Gasteiger partial charge is 0.302 e. The molecule has 4 heteroatoms. The minimum absolute atomic E-state index is 0.673. The second kappa shape index (κ2) is 7.68. The van der Waals surface area contributed by atoms with Gasteiger partial charge in [-0.3, -0.25) is 5.10 Å². The SMILES string of the molecule is CCc1ccccc1-c1cc2c(-c3cc(C)c4c(c3)CN(C)CC4)n[nH]c2cc1C#N. The smallest absolute Gasteiger partial charge is 0.0999 e. The van der Waals surface area contributed by atoms with E-state index < -0.39 is 0 Å². The number of aryl methyl sites for hydroxylation is 2. The van der Waals surface area contributed by atoms with E-state index in [1.54, 1.807) is 0 Å². The highest BCUT2D eigenvalue weighted by Gasteiger charge is 2.19. The third-order valence-corrected chi connectivity index (χ3v) is 6.53. The van der Waals surface area contributed by atoms with E-state index in [0.29, 0.717) is 5.56 Å². The van der Waals surface area contributed by atoms with Gasteiger partial charge in [0.1, 0.15) is 0 Å². The van der Waals surface area contributed by atoms with Crippen LogP contribution in [0.15, 0.2) is 48.5 Å². The number of benzene rings is 3. The zero-order valence-electron chi connectivity index (χ0n) is 18.3. The highest BCUT2D eigenvalue weighted by atomic mass is 15.1. The van der Waals surface area contributed by atoms with Gasteiger partial charge < -0.3 is 4.90 Å². The van der Waals surface area contributed by atoms with E-state index in [1.165, 1.54) is 22.3 Å². The first-order chi connectivity index (χ1) is 15.1. The Kier molecular flexibility index (Phi) is 4.84. The predicted molar refractivity (Wildman–Crippen MR) is 126 cm³/mol. The lowest BCUT2D eigenvalue weighted by molar-refractivity contribution is 0.312. The molecule has 1 aliphatic heterocycles. The van der Waals surface area contributed by atoms with Gasteiger partial charge in [-0.25, -0.2) is 0 Å². The molecule has 5 rings (SSSR count). The summed E-state index contributed by atoms with van der Waals surface area (Å²) in [7, 11) is 2.18. The molecule has 4 aromatic rings. The van der Waals surface area contributed by atoms with Gasteiger partial charge in [-0.15, -0.1) is 0 Å². The fraction of sp³-hybridized carbons (Fsp3) is 0.259. The minimum atomic E-state index is 0.673. The van der Waals surface area contributed by atoms with Gasteiger partial charge in [-0.1, -0.05) is 31.2 Å². The van der Waals surface area contributed by atoms with Crippen LogP contribution in [-0.4, -0.2) is 28.7 Å². The van der Waals surface area contributed by atoms with E-state index in [4.69, 9.17) is 0 Å². The van der Waals surface area contributed by atoms with Crippen LogP contribution in [0.4, 0.5) is 0 Å². The van der Waals surface area contributed by atoms with Crippen molar-refractivity contribution in [2.45, 2.75) is 33.2 Å². The van der Waals surface area contributed by atoms with Crippen LogP contribution >= 0.6 is 0 Å². The van der Waals surface area contributed by atoms with Gasteiger partial charge in [-0.2, -0.15) is 10.4 Å². The summed E-state index contributed by atoms with van der Waals surface area (Å²) < 4.78 is 0. The molecular formula is C27H26N4. The number of likely N-dealkylation sites (N-methyl/N-ethyl adjacent to an activating group) is 1. The number of aromatic nitrogens is 2. The first-order valence-corrected chi connectivity index (χ1v) is 10.9. The number of hydrogen-bond donors (Lipinski definition) is 1. The van der Waals surface area contributed by atoms with E-state index in [0.717, 1.165) is 59.2 Å². The van der Waals surface area contributed by atoms with Gasteiger partial charge in [0.15, 0.2) is 0 Å². The van der Waals surface area contributed by atoms with Crippen molar-refractivity contribution >= 4 is 10.9 Å². The molecule has 0 saturated carbocycles. The Morgan fingerprint density at radius 2 is 1.97 bits per heavy atom. The number of nitrogens with zero attached hydrogens (tertiary/aromatic N) is 3. The van der Waals surface area contributed by atoms with Gasteiger partial charge in [-0.05, 0) is 78.9 Å². The molecule has 0 radical (unpaired) electrons. The third kappa shape index (κ3) is 3.32. The lowest BCUT2D eigenvalue weighted by Crippen LogP contribution is -2.27. The first-order valence-electron chi connectivity index (χ1n) is 10.9. The van der Waals surface area contributed by atoms with Crippen LogP contribution in [-0.2, 0) is 19.4 Å². The molecule has 0 saturated heterocycles. The number of fused-ring (bicyclic) bond motifs is 2. The van der Waals surface area contributed by atoms with Crippen LogP contribution in [0.1, 0.15) is 34.7 Å². The van der Waals surface area contributed by atoms with E-state index in [-0.39, 0.29) is 0 Å². The second-order valence-electron chi connectivity index (χ2n) is 8.56. The monoisotopic (exact) mass is 406 g/mol. The zero-order valence-corrected chi connectivity index (χ0v) is 18.3. The molecule has 0 amide bonds. The molecule has 3 aromatic carbocycles. The Morgan fingerprint density at radius 1 is 1.13 bits per heavy atom. The maximum absolute atomic E-state index is 9.83. The summed E-state index contributed by atoms with van der Waals surface area (Å²) in [6, 6.07) is 19.4. The Hall–Kier alpha value is -3.42. The molecule has 0 atom stereocenters. The lowest BCUT2D eigenvalue weighted by Gasteiger charge is -2.26. The highest BCUT2D eigenvalue weighted by molar-refractivity contribution is 5.97. The molecule has 4 nitrogen and oxygen atoms in total. The van der Waals surface area contributed by atoms with E-state index in [9.17, 15) is 5.26 Å². The maximum Gasteiger partial charge on any atom is 0.0999 e. The zero-order chi connectivity index (χ0) is 21.5. The normalized spacial score (nSPS) is 13.9. The average molecular weight is 407 g/mol. The Labute approximate surface area is 183 Å². The summed E-state index contributed by atoms with van der Waals surface area (Å²) in [6.07, 6.45) is 2.03. The van der Waals surface area contributed by atoms with Gasteiger partial charge in [0.25, 0.3) is 0 Å². The Balaban J connectivity index is 1.71. The molecule has 0 spiro atoms. The molecule has 154 valence electrons. The second-order valence-corrected chi connectivity index (χ2v) is 8.56. The summed E-state index contributed by atoms with van der Waals surface area (Å²) in [5.41, 5.74) is 11.2. The Morgan fingerprint density at radius 3 is 2.77 bits per heavy atom. The fourth-order valence-electron chi connectivity index (χ4n) is 4.89. The standard InChI is InChI=1S/C27H26N4/c1-4-18-7-5-6-8-23(18)24-14-25-26(13-20(24)15-28)29-30-27(25)19-11-17(2)22-9-10-31(3)16-21(22)12-19/h5-8,11-14H,4,9-10,16H2,1-3H3,(H,29,30). The van der Waals surface area contributed by atoms with Crippen molar-refractivity contribution in [3.05, 3.63) is 76.3 Å². The van der Waals surface area contributed by atoms with E-state index in [1.807, 2.05) is 12.1 Å². The van der Waals surface area contributed by atoms with Crippen molar-refractivity contribution in [3.63, 3.8) is 0 Å². The quantitative estimate of drug-likeness (QED) is 0.480. The van der Waals surface area contributed by atoms with Crippen LogP contribution in [0.5, 0.6) is 0 Å². The van der Waals surface area contributed by atoms with E-state index >= 15 is 0 Å². The lowest BCUT2D eigenvalue weighted by atomic mass is 9.90. The topological polar surface area (TPSA) is 55.7 Å². The number of hydrogen-bond acceptors (Lipinski definition) is 3. The summed E-state index contributed by atoms with van der Waals surface area (Å²) in [6.45, 7) is 6.44. The molecule has 1 aliphatic rings. The van der Waals surface area contributed by atoms with Crippen LogP contribution in [0, 0.1) is 18.3 Å².